The van der Waals surface area contributed by atoms with E-state index in [1.165, 1.54) is 40.3 Å². The molecule has 1 saturated heterocycles. The van der Waals surface area contributed by atoms with Crippen LogP contribution >= 0.6 is 0 Å². The van der Waals surface area contributed by atoms with Crippen LogP contribution in [-0.4, -0.2) is 71.7 Å². The molecule has 2 aliphatic heterocycles. The van der Waals surface area contributed by atoms with E-state index in [0.717, 1.165) is 42.9 Å². The van der Waals surface area contributed by atoms with Gasteiger partial charge in [0, 0.05) is 50.4 Å². The number of rotatable bonds is 7. The SMILES string of the molecule is COc1ccc(C2c3c(nc4cc(C(F)(F)F)ccn34)CCN2C(=O)COc2ccc(CN3CCOCC3)c(C)c2C)c(F)c1. The van der Waals surface area contributed by atoms with E-state index in [4.69, 9.17) is 14.2 Å². The molecule has 4 aromatic rings. The number of hydrogen-bond acceptors (Lipinski definition) is 6. The molecule has 2 aliphatic rings. The second-order valence-corrected chi connectivity index (χ2v) is 11.4. The van der Waals surface area contributed by atoms with E-state index in [1.807, 2.05) is 26.0 Å². The summed E-state index contributed by atoms with van der Waals surface area (Å²) in [6.45, 7) is 7.82. The van der Waals surface area contributed by atoms with Gasteiger partial charge in [-0.15, -0.1) is 0 Å². The number of hydrogen-bond donors (Lipinski definition) is 0. The molecule has 0 radical (unpaired) electrons. The van der Waals surface area contributed by atoms with Crippen LogP contribution in [0.25, 0.3) is 5.65 Å². The van der Waals surface area contributed by atoms with Crippen LogP contribution in [-0.2, 0) is 28.7 Å². The van der Waals surface area contributed by atoms with Crippen LogP contribution in [0.3, 0.4) is 0 Å². The Labute approximate surface area is 258 Å². The van der Waals surface area contributed by atoms with Crippen molar-refractivity contribution in [3.05, 3.63) is 93.7 Å². The number of halogens is 4. The highest BCUT2D eigenvalue weighted by Crippen LogP contribution is 2.39. The summed E-state index contributed by atoms with van der Waals surface area (Å²) in [6, 6.07) is 9.16. The van der Waals surface area contributed by atoms with Gasteiger partial charge in [-0.25, -0.2) is 9.37 Å². The molecule has 4 heterocycles. The predicted molar refractivity (Wildman–Crippen MR) is 158 cm³/mol. The third-order valence-electron chi connectivity index (χ3n) is 8.75. The van der Waals surface area contributed by atoms with Gasteiger partial charge in [-0.05, 0) is 60.9 Å². The average molecular weight is 627 g/mol. The maximum atomic E-state index is 15.6. The van der Waals surface area contributed by atoms with Crippen molar-refractivity contribution in [1.29, 1.82) is 0 Å². The number of nitrogens with zero attached hydrogens (tertiary/aromatic N) is 4. The van der Waals surface area contributed by atoms with Crippen molar-refractivity contribution >= 4 is 11.6 Å². The van der Waals surface area contributed by atoms with Gasteiger partial charge in [0.25, 0.3) is 5.91 Å². The lowest BCUT2D eigenvalue weighted by atomic mass is 9.94. The topological polar surface area (TPSA) is 68.5 Å². The lowest BCUT2D eigenvalue weighted by molar-refractivity contribution is -0.137. The molecule has 238 valence electrons. The van der Waals surface area contributed by atoms with Crippen molar-refractivity contribution in [1.82, 2.24) is 19.2 Å². The van der Waals surface area contributed by atoms with Crippen LogP contribution in [0.4, 0.5) is 17.6 Å². The Bertz CT molecular complexity index is 1730. The molecular formula is C33H34F4N4O4. The van der Waals surface area contributed by atoms with Crippen molar-refractivity contribution in [2.24, 2.45) is 0 Å². The standard InChI is InChI=1S/C33H34F4N4O4/c1-20-21(2)28(7-4-22(20)18-39-12-14-44-15-13-39)45-19-30(42)41-11-9-27-32(31(41)25-6-5-24(43-3)17-26(25)34)40-10-8-23(33(35,36)37)16-29(40)38-27/h4-8,10,16-17,31H,9,11-15,18-19H2,1-3H3. The average Bonchev–Trinajstić information content (AvgIpc) is 3.40. The molecular weight excluding hydrogens is 592 g/mol. The van der Waals surface area contributed by atoms with E-state index in [1.54, 1.807) is 6.07 Å². The third kappa shape index (κ3) is 6.08. The number of imidazole rings is 1. The second-order valence-electron chi connectivity index (χ2n) is 11.4. The fraction of sp³-hybridized carbons (Fsp3) is 0.394. The maximum absolute atomic E-state index is 15.6. The minimum absolute atomic E-state index is 0.0718. The quantitative estimate of drug-likeness (QED) is 0.253. The van der Waals surface area contributed by atoms with Crippen LogP contribution in [0.1, 0.15) is 45.2 Å². The lowest BCUT2D eigenvalue weighted by Gasteiger charge is -2.36. The number of carbonyl (C=O) groups is 1. The molecule has 0 aliphatic carbocycles. The van der Waals surface area contributed by atoms with Gasteiger partial charge in [0.15, 0.2) is 6.61 Å². The molecule has 45 heavy (non-hydrogen) atoms. The second kappa shape index (κ2) is 12.3. The first kappa shape index (κ1) is 30.8. The summed E-state index contributed by atoms with van der Waals surface area (Å²) >= 11 is 0. The number of alkyl halides is 3. The van der Waals surface area contributed by atoms with E-state index in [9.17, 15) is 18.0 Å². The van der Waals surface area contributed by atoms with Gasteiger partial charge in [-0.3, -0.25) is 9.69 Å². The number of carbonyl (C=O) groups excluding carboxylic acids is 1. The highest BCUT2D eigenvalue weighted by Gasteiger charge is 2.38. The molecule has 8 nitrogen and oxygen atoms in total. The minimum atomic E-state index is -4.55. The largest absolute Gasteiger partial charge is 0.497 e. The highest BCUT2D eigenvalue weighted by atomic mass is 19.4. The molecule has 2 aromatic carbocycles. The smallest absolute Gasteiger partial charge is 0.416 e. The molecule has 12 heteroatoms. The number of benzene rings is 2. The van der Waals surface area contributed by atoms with Crippen LogP contribution in [0.2, 0.25) is 0 Å². The van der Waals surface area contributed by atoms with Crippen LogP contribution < -0.4 is 9.47 Å². The molecule has 0 spiro atoms. The van der Waals surface area contributed by atoms with Gasteiger partial charge in [-0.2, -0.15) is 13.2 Å². The van der Waals surface area contributed by atoms with E-state index >= 15 is 4.39 Å². The zero-order valence-corrected chi connectivity index (χ0v) is 25.3. The first-order valence-corrected chi connectivity index (χ1v) is 14.8. The Kier molecular flexibility index (Phi) is 8.45. The van der Waals surface area contributed by atoms with Crippen molar-refractivity contribution in [3.8, 4) is 11.5 Å². The first-order chi connectivity index (χ1) is 21.5. The molecule has 1 atom stereocenters. The summed E-state index contributed by atoms with van der Waals surface area (Å²) in [6.07, 6.45) is -2.99. The van der Waals surface area contributed by atoms with E-state index in [2.05, 4.69) is 9.88 Å². The van der Waals surface area contributed by atoms with Gasteiger partial charge >= 0.3 is 6.18 Å². The zero-order valence-electron chi connectivity index (χ0n) is 25.3. The third-order valence-corrected chi connectivity index (χ3v) is 8.75. The summed E-state index contributed by atoms with van der Waals surface area (Å²) in [5.41, 5.74) is 3.52. The molecule has 1 unspecified atom stereocenters. The number of fused-ring (bicyclic) bond motifs is 3. The van der Waals surface area contributed by atoms with Gasteiger partial charge in [0.1, 0.15) is 29.0 Å². The Morgan fingerprint density at radius 1 is 1.04 bits per heavy atom. The van der Waals surface area contributed by atoms with Gasteiger partial charge in [-0.1, -0.05) is 6.07 Å². The molecule has 0 bridgehead atoms. The number of ether oxygens (including phenoxy) is 3. The van der Waals surface area contributed by atoms with Crippen LogP contribution in [0, 0.1) is 19.7 Å². The molecule has 6 rings (SSSR count). The fourth-order valence-electron chi connectivity index (χ4n) is 6.11. The minimum Gasteiger partial charge on any atom is -0.497 e. The summed E-state index contributed by atoms with van der Waals surface area (Å²) in [5, 5.41) is 0. The molecule has 0 saturated carbocycles. The van der Waals surface area contributed by atoms with Crippen LogP contribution in [0.15, 0.2) is 48.7 Å². The summed E-state index contributed by atoms with van der Waals surface area (Å²) < 4.78 is 74.2. The van der Waals surface area contributed by atoms with Gasteiger partial charge in [0.2, 0.25) is 0 Å². The predicted octanol–water partition coefficient (Wildman–Crippen LogP) is 5.50. The van der Waals surface area contributed by atoms with Crippen molar-refractivity contribution in [3.63, 3.8) is 0 Å². The van der Waals surface area contributed by atoms with Gasteiger partial charge < -0.3 is 23.5 Å². The number of pyridine rings is 1. The van der Waals surface area contributed by atoms with Crippen molar-refractivity contribution in [2.75, 3.05) is 46.6 Å². The maximum Gasteiger partial charge on any atom is 0.416 e. The molecule has 1 fully saturated rings. The molecule has 0 N–H and O–H groups in total. The highest BCUT2D eigenvalue weighted by molar-refractivity contribution is 5.79. The van der Waals surface area contributed by atoms with Crippen molar-refractivity contribution in [2.45, 2.75) is 39.0 Å². The van der Waals surface area contributed by atoms with E-state index in [0.29, 0.717) is 36.1 Å². The van der Waals surface area contributed by atoms with Crippen LogP contribution in [0.5, 0.6) is 11.5 Å². The number of aromatic nitrogens is 2. The molecule has 1 amide bonds. The number of morpholine rings is 1. The Hall–Kier alpha value is -4.16. The van der Waals surface area contributed by atoms with Crippen molar-refractivity contribution < 1.29 is 36.6 Å². The summed E-state index contributed by atoms with van der Waals surface area (Å²) in [7, 11) is 1.42. The van der Waals surface area contributed by atoms with E-state index < -0.39 is 29.5 Å². The lowest BCUT2D eigenvalue weighted by Crippen LogP contribution is -2.43. The molecule has 2 aromatic heterocycles. The monoisotopic (exact) mass is 626 g/mol. The zero-order chi connectivity index (χ0) is 31.9. The van der Waals surface area contributed by atoms with Gasteiger partial charge in [0.05, 0.1) is 37.3 Å². The Balaban J connectivity index is 1.30. The number of amides is 1. The fourth-order valence-corrected chi connectivity index (χ4v) is 6.11. The number of methoxy groups -OCH3 is 1. The summed E-state index contributed by atoms with van der Waals surface area (Å²) in [5.74, 6) is -0.136. The Morgan fingerprint density at radius 2 is 1.82 bits per heavy atom. The Morgan fingerprint density at radius 3 is 2.53 bits per heavy atom. The summed E-state index contributed by atoms with van der Waals surface area (Å²) in [4.78, 5) is 22.1. The van der Waals surface area contributed by atoms with E-state index in [-0.39, 0.29) is 30.8 Å². The first-order valence-electron chi connectivity index (χ1n) is 14.8. The normalized spacial score (nSPS) is 17.4.